The van der Waals surface area contributed by atoms with Gasteiger partial charge in [0.1, 0.15) is 9.92 Å². The molecule has 10 nitrogen and oxygen atoms in total. The Morgan fingerprint density at radius 2 is 1.94 bits per heavy atom. The van der Waals surface area contributed by atoms with E-state index in [1.807, 2.05) is 0 Å². The predicted molar refractivity (Wildman–Crippen MR) is 115 cm³/mol. The number of sulfone groups is 1. The second kappa shape index (κ2) is 8.60. The maximum atomic E-state index is 12.9. The maximum Gasteiger partial charge on any atom is 0.270 e. The molecule has 0 unspecified atom stereocenters. The molecule has 0 aromatic carbocycles. The van der Waals surface area contributed by atoms with E-state index in [0.29, 0.717) is 32.4 Å². The monoisotopic (exact) mass is 488 g/mol. The average molecular weight is 489 g/mol. The molecule has 4 rings (SSSR count). The molecule has 4 heterocycles. The van der Waals surface area contributed by atoms with Gasteiger partial charge in [-0.15, -0.1) is 11.3 Å². The van der Waals surface area contributed by atoms with Crippen molar-refractivity contribution in [2.75, 3.05) is 24.6 Å². The van der Waals surface area contributed by atoms with Crippen LogP contribution >= 0.6 is 11.3 Å². The van der Waals surface area contributed by atoms with E-state index in [4.69, 9.17) is 0 Å². The average Bonchev–Trinajstić information content (AvgIpc) is 3.38. The Bertz CT molecular complexity index is 1090. The van der Waals surface area contributed by atoms with E-state index in [2.05, 4.69) is 9.82 Å². The lowest BCUT2D eigenvalue weighted by Gasteiger charge is -2.34. The second-order valence-corrected chi connectivity index (χ2v) is 13.1. The van der Waals surface area contributed by atoms with E-state index in [0.717, 1.165) is 11.3 Å². The Labute approximate surface area is 185 Å². The van der Waals surface area contributed by atoms with Crippen LogP contribution in [0, 0.1) is 0 Å². The quantitative estimate of drug-likeness (QED) is 0.629. The fourth-order valence-electron chi connectivity index (χ4n) is 4.06. The minimum absolute atomic E-state index is 0.0230. The van der Waals surface area contributed by atoms with Crippen LogP contribution in [0.25, 0.3) is 0 Å². The van der Waals surface area contributed by atoms with Gasteiger partial charge in [-0.1, -0.05) is 6.07 Å². The molecule has 1 aromatic heterocycles. The van der Waals surface area contributed by atoms with Gasteiger partial charge in [0, 0.05) is 32.0 Å². The van der Waals surface area contributed by atoms with Crippen molar-refractivity contribution in [3.8, 4) is 0 Å². The third-order valence-electron chi connectivity index (χ3n) is 5.72. The molecule has 1 aromatic rings. The number of hydrogen-bond acceptors (Lipinski definition) is 8. The van der Waals surface area contributed by atoms with Gasteiger partial charge >= 0.3 is 0 Å². The third kappa shape index (κ3) is 4.99. The lowest BCUT2D eigenvalue weighted by atomic mass is 10.0. The van der Waals surface area contributed by atoms with Gasteiger partial charge in [0.2, 0.25) is 15.9 Å². The molecule has 31 heavy (non-hydrogen) atoms. The van der Waals surface area contributed by atoms with Crippen LogP contribution in [0.15, 0.2) is 26.8 Å². The number of thiophene rings is 1. The summed E-state index contributed by atoms with van der Waals surface area (Å²) in [6.45, 7) is 0.752. The van der Waals surface area contributed by atoms with Gasteiger partial charge in [-0.25, -0.2) is 26.6 Å². The number of likely N-dealkylation sites (tertiary alicyclic amines) is 1. The summed E-state index contributed by atoms with van der Waals surface area (Å²) in [4.78, 5) is 26.8. The van der Waals surface area contributed by atoms with Crippen LogP contribution in [0.4, 0.5) is 0 Å². The standard InChI is InChI=1S/C18H24N4O6S3/c23-16-4-3-15(19-22(16)14-7-11-30(25,26)12-14)18(24)21-8-5-13(6-9-21)20-31(27,28)17-2-1-10-29-17/h1-2,10,13-14,20H,3-9,11-12H2/t14-/m0/s1. The number of rotatable bonds is 5. The van der Waals surface area contributed by atoms with Crippen LogP contribution in [0.5, 0.6) is 0 Å². The van der Waals surface area contributed by atoms with E-state index in [-0.39, 0.29) is 52.1 Å². The molecule has 2 amide bonds. The van der Waals surface area contributed by atoms with Crippen LogP contribution < -0.4 is 4.72 Å². The number of hydrazone groups is 1. The Morgan fingerprint density at radius 3 is 2.55 bits per heavy atom. The number of piperidine rings is 1. The zero-order valence-electron chi connectivity index (χ0n) is 16.8. The van der Waals surface area contributed by atoms with Gasteiger partial charge in [-0.2, -0.15) is 5.10 Å². The molecule has 0 saturated carbocycles. The van der Waals surface area contributed by atoms with E-state index in [1.165, 1.54) is 5.01 Å². The molecule has 0 bridgehead atoms. The van der Waals surface area contributed by atoms with Crippen molar-refractivity contribution in [1.29, 1.82) is 0 Å². The molecule has 1 atom stereocenters. The fourth-order valence-corrected chi connectivity index (χ4v) is 8.06. The Morgan fingerprint density at radius 1 is 1.19 bits per heavy atom. The fraction of sp³-hybridized carbons (Fsp3) is 0.611. The number of carbonyl (C=O) groups is 2. The SMILES string of the molecule is O=C(C1=NN([C@H]2CCS(=O)(=O)C2)C(=O)CC1)N1CCC(NS(=O)(=O)c2cccs2)CC1. The summed E-state index contributed by atoms with van der Waals surface area (Å²) in [6.07, 6.45) is 1.63. The first-order chi connectivity index (χ1) is 14.6. The summed E-state index contributed by atoms with van der Waals surface area (Å²) in [5.74, 6) is -0.646. The molecule has 0 aliphatic carbocycles. The van der Waals surface area contributed by atoms with Gasteiger partial charge in [-0.3, -0.25) is 9.59 Å². The molecule has 2 saturated heterocycles. The number of hydrogen-bond donors (Lipinski definition) is 1. The molecular weight excluding hydrogens is 464 g/mol. The van der Waals surface area contributed by atoms with E-state index >= 15 is 0 Å². The summed E-state index contributed by atoms with van der Waals surface area (Å²) >= 11 is 1.15. The lowest BCUT2D eigenvalue weighted by Crippen LogP contribution is -2.50. The number of amides is 2. The van der Waals surface area contributed by atoms with Crippen LogP contribution in [0.1, 0.15) is 32.1 Å². The first-order valence-electron chi connectivity index (χ1n) is 10.1. The predicted octanol–water partition coefficient (Wildman–Crippen LogP) is 0.183. The summed E-state index contributed by atoms with van der Waals surface area (Å²) in [7, 11) is -6.74. The molecule has 3 aliphatic rings. The minimum atomic E-state index is -3.56. The highest BCUT2D eigenvalue weighted by Crippen LogP contribution is 2.24. The van der Waals surface area contributed by atoms with Crippen molar-refractivity contribution in [2.24, 2.45) is 5.10 Å². The highest BCUT2D eigenvalue weighted by atomic mass is 32.2. The van der Waals surface area contributed by atoms with Crippen LogP contribution in [0.2, 0.25) is 0 Å². The van der Waals surface area contributed by atoms with Crippen molar-refractivity contribution in [3.05, 3.63) is 17.5 Å². The Hall–Kier alpha value is -1.83. The summed E-state index contributed by atoms with van der Waals surface area (Å²) < 4.78 is 51.2. The summed E-state index contributed by atoms with van der Waals surface area (Å²) in [5, 5.41) is 7.12. The smallest absolute Gasteiger partial charge is 0.270 e. The van der Waals surface area contributed by atoms with Crippen LogP contribution in [-0.2, 0) is 29.4 Å². The van der Waals surface area contributed by atoms with Gasteiger partial charge in [0.15, 0.2) is 9.84 Å². The van der Waals surface area contributed by atoms with Gasteiger partial charge in [0.25, 0.3) is 5.91 Å². The van der Waals surface area contributed by atoms with Gasteiger partial charge in [-0.05, 0) is 30.7 Å². The number of nitrogens with zero attached hydrogens (tertiary/aromatic N) is 3. The highest BCUT2D eigenvalue weighted by molar-refractivity contribution is 7.91. The van der Waals surface area contributed by atoms with Crippen molar-refractivity contribution >= 4 is 48.7 Å². The Kier molecular flexibility index (Phi) is 6.21. The van der Waals surface area contributed by atoms with E-state index in [9.17, 15) is 26.4 Å². The van der Waals surface area contributed by atoms with Gasteiger partial charge < -0.3 is 4.90 Å². The number of nitrogens with one attached hydrogen (secondary N) is 1. The van der Waals surface area contributed by atoms with Crippen molar-refractivity contribution in [1.82, 2.24) is 14.6 Å². The lowest BCUT2D eigenvalue weighted by molar-refractivity contribution is -0.134. The first kappa shape index (κ1) is 22.4. The van der Waals surface area contributed by atoms with Crippen molar-refractivity contribution in [2.45, 2.75) is 48.4 Å². The van der Waals surface area contributed by atoms with Crippen LogP contribution in [-0.4, -0.2) is 80.9 Å². The van der Waals surface area contributed by atoms with Crippen LogP contribution in [0.3, 0.4) is 0 Å². The molecule has 3 aliphatic heterocycles. The molecule has 0 spiro atoms. The molecule has 0 radical (unpaired) electrons. The molecular formula is C18H24N4O6S3. The molecule has 13 heteroatoms. The summed E-state index contributed by atoms with van der Waals surface area (Å²) in [5.41, 5.74) is 0.251. The zero-order valence-corrected chi connectivity index (χ0v) is 19.2. The number of carbonyl (C=O) groups excluding carboxylic acids is 2. The topological polar surface area (TPSA) is 133 Å². The largest absolute Gasteiger partial charge is 0.337 e. The highest BCUT2D eigenvalue weighted by Gasteiger charge is 2.38. The molecule has 1 N–H and O–H groups in total. The maximum absolute atomic E-state index is 12.9. The Balaban J connectivity index is 1.37. The van der Waals surface area contributed by atoms with Crippen molar-refractivity contribution in [3.63, 3.8) is 0 Å². The molecule has 2 fully saturated rings. The van der Waals surface area contributed by atoms with E-state index in [1.54, 1.807) is 22.4 Å². The summed E-state index contributed by atoms with van der Waals surface area (Å²) in [6, 6.07) is 2.46. The zero-order chi connectivity index (χ0) is 22.2. The minimum Gasteiger partial charge on any atom is -0.337 e. The third-order valence-corrected chi connectivity index (χ3v) is 10.4. The normalized spacial score (nSPS) is 25.0. The molecule has 170 valence electrons. The van der Waals surface area contributed by atoms with Crippen molar-refractivity contribution < 1.29 is 26.4 Å². The van der Waals surface area contributed by atoms with E-state index < -0.39 is 25.9 Å². The number of sulfonamides is 1. The van der Waals surface area contributed by atoms with Gasteiger partial charge in [0.05, 0.1) is 17.5 Å². The second-order valence-electron chi connectivity index (χ2n) is 7.96. The first-order valence-corrected chi connectivity index (χ1v) is 14.3.